The molecule has 4 heteroatoms. The Morgan fingerprint density at radius 3 is 3.00 bits per heavy atom. The van der Waals surface area contributed by atoms with E-state index < -0.39 is 12.2 Å². The number of allylic oxidation sites excluding steroid dienone is 1. The summed E-state index contributed by atoms with van der Waals surface area (Å²) in [4.78, 5) is 11.7. The SMILES string of the molecule is C[C@H]1CCC/C=C/[C@H]2CC[C@H](O)[C@@H](CC(=O)O1)O2. The Kier molecular flexibility index (Phi) is 4.78. The molecule has 2 aliphatic heterocycles. The first-order chi connectivity index (χ1) is 8.65. The molecule has 4 atom stereocenters. The predicted octanol–water partition coefficient (Wildman–Crippen LogP) is 1.96. The Bertz CT molecular complexity index is 313. The van der Waals surface area contributed by atoms with E-state index in [1.165, 1.54) is 0 Å². The summed E-state index contributed by atoms with van der Waals surface area (Å²) in [6.07, 6.45) is 7.73. The van der Waals surface area contributed by atoms with Crippen molar-refractivity contribution in [2.45, 2.75) is 69.9 Å². The lowest BCUT2D eigenvalue weighted by molar-refractivity contribution is -0.160. The lowest BCUT2D eigenvalue weighted by Gasteiger charge is -2.32. The number of esters is 1. The van der Waals surface area contributed by atoms with Crippen LogP contribution >= 0.6 is 0 Å². The largest absolute Gasteiger partial charge is 0.463 e. The van der Waals surface area contributed by atoms with Crippen LogP contribution in [0.25, 0.3) is 0 Å². The highest BCUT2D eigenvalue weighted by Crippen LogP contribution is 2.24. The van der Waals surface area contributed by atoms with Gasteiger partial charge in [0, 0.05) is 0 Å². The third-order valence-corrected chi connectivity index (χ3v) is 3.56. The lowest BCUT2D eigenvalue weighted by atomic mass is 9.98. The van der Waals surface area contributed by atoms with E-state index in [-0.39, 0.29) is 24.6 Å². The molecule has 0 radical (unpaired) electrons. The highest BCUT2D eigenvalue weighted by molar-refractivity contribution is 5.70. The minimum absolute atomic E-state index is 0.0306. The third-order valence-electron chi connectivity index (χ3n) is 3.56. The van der Waals surface area contributed by atoms with Gasteiger partial charge in [-0.25, -0.2) is 0 Å². The van der Waals surface area contributed by atoms with Crippen LogP contribution in [0.15, 0.2) is 12.2 Å². The topological polar surface area (TPSA) is 55.8 Å². The van der Waals surface area contributed by atoms with Crippen molar-refractivity contribution >= 4 is 5.97 Å². The second kappa shape index (κ2) is 6.34. The number of hydrogen-bond acceptors (Lipinski definition) is 4. The van der Waals surface area contributed by atoms with Crippen molar-refractivity contribution in [3.8, 4) is 0 Å². The molecule has 0 amide bonds. The second-order valence-corrected chi connectivity index (χ2v) is 5.22. The van der Waals surface area contributed by atoms with Crippen LogP contribution in [0.1, 0.15) is 45.4 Å². The molecule has 0 saturated carbocycles. The van der Waals surface area contributed by atoms with Gasteiger partial charge in [0.05, 0.1) is 30.8 Å². The minimum Gasteiger partial charge on any atom is -0.463 e. The number of carbonyl (C=O) groups is 1. The first-order valence-corrected chi connectivity index (χ1v) is 6.85. The minimum atomic E-state index is -0.555. The van der Waals surface area contributed by atoms with E-state index in [1.807, 2.05) is 6.92 Å². The number of aliphatic hydroxyl groups is 1. The molecule has 18 heavy (non-hydrogen) atoms. The zero-order chi connectivity index (χ0) is 13.0. The van der Waals surface area contributed by atoms with Crippen LogP contribution in [0.3, 0.4) is 0 Å². The Morgan fingerprint density at radius 1 is 1.33 bits per heavy atom. The van der Waals surface area contributed by atoms with Gasteiger partial charge >= 0.3 is 5.97 Å². The molecule has 2 heterocycles. The molecule has 102 valence electrons. The zero-order valence-electron chi connectivity index (χ0n) is 10.9. The Hall–Kier alpha value is -0.870. The van der Waals surface area contributed by atoms with Gasteiger partial charge in [-0.05, 0) is 39.0 Å². The van der Waals surface area contributed by atoms with Gasteiger partial charge in [0.25, 0.3) is 0 Å². The van der Waals surface area contributed by atoms with Crippen molar-refractivity contribution in [3.63, 3.8) is 0 Å². The van der Waals surface area contributed by atoms with Gasteiger partial charge in [0.1, 0.15) is 0 Å². The fourth-order valence-electron chi connectivity index (χ4n) is 2.50. The summed E-state index contributed by atoms with van der Waals surface area (Å²) >= 11 is 0. The van der Waals surface area contributed by atoms with E-state index in [0.29, 0.717) is 6.42 Å². The Labute approximate surface area is 108 Å². The van der Waals surface area contributed by atoms with E-state index in [0.717, 1.165) is 25.7 Å². The summed E-state index contributed by atoms with van der Waals surface area (Å²) in [5, 5.41) is 9.85. The summed E-state index contributed by atoms with van der Waals surface area (Å²) in [7, 11) is 0. The zero-order valence-corrected chi connectivity index (χ0v) is 10.9. The molecule has 0 aromatic carbocycles. The number of hydrogen-bond donors (Lipinski definition) is 1. The standard InChI is InChI=1S/C14H22O4/c1-10-5-3-2-4-6-11-7-8-12(15)13(18-11)9-14(16)17-10/h4,6,10-13,15H,2-3,5,7-9H2,1H3/b6-4+/t10-,11-,12-,13+/m0/s1. The predicted molar refractivity (Wildman–Crippen MR) is 67.1 cm³/mol. The number of rotatable bonds is 0. The Morgan fingerprint density at radius 2 is 2.17 bits per heavy atom. The molecule has 1 fully saturated rings. The number of ether oxygens (including phenoxy) is 2. The smallest absolute Gasteiger partial charge is 0.308 e. The molecule has 2 rings (SSSR count). The fraction of sp³-hybridized carbons (Fsp3) is 0.786. The van der Waals surface area contributed by atoms with Gasteiger partial charge in [-0.15, -0.1) is 0 Å². The molecule has 1 saturated heterocycles. The van der Waals surface area contributed by atoms with E-state index >= 15 is 0 Å². The van der Waals surface area contributed by atoms with Crippen LogP contribution < -0.4 is 0 Å². The number of fused-ring (bicyclic) bond motifs is 2. The first kappa shape index (κ1) is 13.6. The third kappa shape index (κ3) is 3.82. The van der Waals surface area contributed by atoms with Crippen LogP contribution in [-0.2, 0) is 14.3 Å². The molecule has 2 bridgehead atoms. The highest BCUT2D eigenvalue weighted by Gasteiger charge is 2.31. The van der Waals surface area contributed by atoms with Crippen LogP contribution in [0.5, 0.6) is 0 Å². The molecule has 0 unspecified atom stereocenters. The lowest BCUT2D eigenvalue weighted by Crippen LogP contribution is -2.40. The Balaban J connectivity index is 2.03. The number of aliphatic hydroxyl groups excluding tert-OH is 1. The maximum Gasteiger partial charge on any atom is 0.308 e. The molecule has 4 nitrogen and oxygen atoms in total. The average Bonchev–Trinajstić information content (AvgIpc) is 2.31. The van der Waals surface area contributed by atoms with Gasteiger partial charge in [0.15, 0.2) is 0 Å². The van der Waals surface area contributed by atoms with Crippen LogP contribution in [-0.4, -0.2) is 35.5 Å². The normalized spacial score (nSPS) is 40.2. The maximum atomic E-state index is 11.7. The van der Waals surface area contributed by atoms with Gasteiger partial charge in [0.2, 0.25) is 0 Å². The number of cyclic esters (lactones) is 1. The van der Waals surface area contributed by atoms with Crippen LogP contribution in [0.2, 0.25) is 0 Å². The van der Waals surface area contributed by atoms with Crippen molar-refractivity contribution < 1.29 is 19.4 Å². The molecular formula is C14H22O4. The van der Waals surface area contributed by atoms with Gasteiger partial charge in [-0.2, -0.15) is 0 Å². The molecule has 0 aliphatic carbocycles. The molecule has 2 aliphatic rings. The second-order valence-electron chi connectivity index (χ2n) is 5.22. The average molecular weight is 254 g/mol. The van der Waals surface area contributed by atoms with Crippen molar-refractivity contribution in [1.82, 2.24) is 0 Å². The molecular weight excluding hydrogens is 232 g/mol. The monoisotopic (exact) mass is 254 g/mol. The fourth-order valence-corrected chi connectivity index (χ4v) is 2.50. The van der Waals surface area contributed by atoms with E-state index in [4.69, 9.17) is 9.47 Å². The van der Waals surface area contributed by atoms with Gasteiger partial charge < -0.3 is 14.6 Å². The molecule has 0 spiro atoms. The van der Waals surface area contributed by atoms with Gasteiger partial charge in [-0.1, -0.05) is 12.2 Å². The summed E-state index contributed by atoms with van der Waals surface area (Å²) in [6, 6.07) is 0. The number of carbonyl (C=O) groups excluding carboxylic acids is 1. The van der Waals surface area contributed by atoms with E-state index in [1.54, 1.807) is 0 Å². The summed E-state index contributed by atoms with van der Waals surface area (Å²) in [5.41, 5.74) is 0. The van der Waals surface area contributed by atoms with Crippen molar-refractivity contribution in [3.05, 3.63) is 12.2 Å². The first-order valence-electron chi connectivity index (χ1n) is 6.85. The van der Waals surface area contributed by atoms with E-state index in [9.17, 15) is 9.90 Å². The highest BCUT2D eigenvalue weighted by atomic mass is 16.5. The molecule has 1 N–H and O–H groups in total. The van der Waals surface area contributed by atoms with Crippen molar-refractivity contribution in [2.24, 2.45) is 0 Å². The van der Waals surface area contributed by atoms with E-state index in [2.05, 4.69) is 12.2 Å². The van der Waals surface area contributed by atoms with Crippen LogP contribution in [0.4, 0.5) is 0 Å². The maximum absolute atomic E-state index is 11.7. The van der Waals surface area contributed by atoms with Crippen LogP contribution in [0, 0.1) is 0 Å². The van der Waals surface area contributed by atoms with Gasteiger partial charge in [-0.3, -0.25) is 4.79 Å². The molecule has 0 aromatic heterocycles. The van der Waals surface area contributed by atoms with Crippen molar-refractivity contribution in [2.75, 3.05) is 0 Å². The summed E-state index contributed by atoms with van der Waals surface area (Å²) in [6.45, 7) is 1.91. The summed E-state index contributed by atoms with van der Waals surface area (Å²) < 4.78 is 11.0. The molecule has 0 aromatic rings. The van der Waals surface area contributed by atoms with Crippen molar-refractivity contribution in [1.29, 1.82) is 0 Å². The quantitative estimate of drug-likeness (QED) is 0.530. The summed E-state index contributed by atoms with van der Waals surface area (Å²) in [5.74, 6) is -0.267.